The molecule has 328 valence electrons. The topological polar surface area (TPSA) is 50.9 Å². The molecule has 0 saturated carbocycles. The minimum absolute atomic E-state index is 0.216. The fourth-order valence-corrected chi connectivity index (χ4v) is 9.12. The first kappa shape index (κ1) is 39.5. The maximum absolute atomic E-state index is 12.6. The van der Waals surface area contributed by atoms with E-state index in [1.807, 2.05) is 42.6 Å². The third kappa shape index (κ3) is 8.48. The number of aryl methyl sites for hydroxylation is 1. The van der Waals surface area contributed by atoms with Crippen LogP contribution in [0.2, 0.25) is 0 Å². The molecule has 8 aromatic carbocycles. The van der Waals surface area contributed by atoms with Gasteiger partial charge in [-0.15, -0.1) is 0 Å². The van der Waals surface area contributed by atoms with Crippen LogP contribution in [0.25, 0.3) is 95.0 Å². The van der Waals surface area contributed by atoms with Gasteiger partial charge in [0.05, 0.1) is 28.0 Å². The smallest absolute Gasteiger partial charge is 0.149 e. The summed E-state index contributed by atoms with van der Waals surface area (Å²) >= 11 is 0. The molecule has 0 fully saturated rings. The number of hydrogen-bond donors (Lipinski definition) is 1. The lowest BCUT2D eigenvalue weighted by Crippen LogP contribution is -2.17. The van der Waals surface area contributed by atoms with Crippen LogP contribution in [0.1, 0.15) is 62.3 Å². The molecule has 0 aliphatic rings. The zero-order chi connectivity index (χ0) is 49.0. The third-order valence-corrected chi connectivity index (χ3v) is 12.8. The molecule has 0 atom stereocenters. The number of fused-ring (bicyclic) bond motifs is 1. The maximum atomic E-state index is 12.6. The van der Waals surface area contributed by atoms with Gasteiger partial charge < -0.3 is 5.11 Å². The molecule has 0 aliphatic heterocycles. The second kappa shape index (κ2) is 17.2. The average molecular weight is 873 g/mol. The predicted octanol–water partition coefficient (Wildman–Crippen LogP) is 16.7. The minimum Gasteiger partial charge on any atom is -0.507 e. The van der Waals surface area contributed by atoms with Gasteiger partial charge in [-0.1, -0.05) is 187 Å². The van der Waals surface area contributed by atoms with E-state index in [1.54, 1.807) is 12.1 Å². The number of nitrogens with zero attached hydrogens (tertiary/aromatic N) is 3. The van der Waals surface area contributed by atoms with E-state index in [0.29, 0.717) is 17.0 Å². The summed E-state index contributed by atoms with van der Waals surface area (Å²) in [5.41, 5.74) is 16.8. The summed E-state index contributed by atoms with van der Waals surface area (Å²) in [6.07, 6.45) is 1.81. The van der Waals surface area contributed by atoms with E-state index in [-0.39, 0.29) is 16.6 Å². The molecular weight excluding hydrogens is 815 g/mol. The monoisotopic (exact) mass is 872 g/mol. The standard InChI is InChI=1S/C63H55N3O/c1-41-26-28-44(29-27-41)47-32-33-64-56(38-47)50-35-48(43-20-13-9-14-21-43)34-49(36-50)52-24-17-25-58-59(52)65-61(54-39-51(62(2,3)4)40-55(60(54)67)63(5,6)7)66(58)57-31-30-46(42-18-11-8-12-19-42)37-53(57)45-22-15-10-16-23-45/h8-40,67H,1-7H3/i1D3. The Morgan fingerprint density at radius 1 is 0.463 bits per heavy atom. The second-order valence-corrected chi connectivity index (χ2v) is 19.5. The Labute approximate surface area is 399 Å². The molecule has 4 nitrogen and oxygen atoms in total. The van der Waals surface area contributed by atoms with Crippen LogP contribution < -0.4 is 0 Å². The summed E-state index contributed by atoms with van der Waals surface area (Å²) in [5, 5.41) is 12.6. The lowest BCUT2D eigenvalue weighted by Gasteiger charge is -2.27. The zero-order valence-corrected chi connectivity index (χ0v) is 38.8. The minimum atomic E-state index is -2.18. The van der Waals surface area contributed by atoms with Crippen molar-refractivity contribution in [1.82, 2.24) is 14.5 Å². The normalized spacial score (nSPS) is 12.7. The van der Waals surface area contributed by atoms with Gasteiger partial charge in [0.15, 0.2) is 0 Å². The summed E-state index contributed by atoms with van der Waals surface area (Å²) < 4.78 is 25.9. The van der Waals surface area contributed by atoms with Crippen molar-refractivity contribution in [3.05, 3.63) is 217 Å². The van der Waals surface area contributed by atoms with E-state index in [1.165, 1.54) is 0 Å². The first-order chi connectivity index (χ1) is 33.5. The van der Waals surface area contributed by atoms with Crippen molar-refractivity contribution in [2.75, 3.05) is 0 Å². The Kier molecular flexibility index (Phi) is 10.1. The number of phenols is 1. The zero-order valence-electron chi connectivity index (χ0n) is 41.8. The lowest BCUT2D eigenvalue weighted by molar-refractivity contribution is 0.446. The molecule has 0 aliphatic carbocycles. The van der Waals surface area contributed by atoms with E-state index in [4.69, 9.17) is 14.1 Å². The van der Waals surface area contributed by atoms with Gasteiger partial charge in [0, 0.05) is 32.6 Å². The van der Waals surface area contributed by atoms with Crippen molar-refractivity contribution in [1.29, 1.82) is 0 Å². The summed E-state index contributed by atoms with van der Waals surface area (Å²) in [6, 6.07) is 66.3. The highest BCUT2D eigenvalue weighted by Crippen LogP contribution is 2.46. The average Bonchev–Trinajstić information content (AvgIpc) is 3.75. The van der Waals surface area contributed by atoms with Gasteiger partial charge >= 0.3 is 0 Å². The van der Waals surface area contributed by atoms with Gasteiger partial charge in [-0.3, -0.25) is 9.55 Å². The molecule has 0 bridgehead atoms. The van der Waals surface area contributed by atoms with Gasteiger partial charge in [-0.25, -0.2) is 4.98 Å². The fraction of sp³-hybridized carbons (Fsp3) is 0.143. The predicted molar refractivity (Wildman–Crippen MR) is 281 cm³/mol. The molecule has 67 heavy (non-hydrogen) atoms. The Morgan fingerprint density at radius 3 is 1.72 bits per heavy atom. The molecule has 10 rings (SSSR count). The number of aromatic nitrogens is 3. The van der Waals surface area contributed by atoms with Crippen molar-refractivity contribution >= 4 is 11.0 Å². The van der Waals surface area contributed by atoms with E-state index >= 15 is 0 Å². The summed E-state index contributed by atoms with van der Waals surface area (Å²) in [4.78, 5) is 10.6. The summed E-state index contributed by atoms with van der Waals surface area (Å²) in [6.45, 7) is 10.9. The van der Waals surface area contributed by atoms with Crippen molar-refractivity contribution in [2.45, 2.75) is 59.2 Å². The van der Waals surface area contributed by atoms with Gasteiger partial charge in [0.25, 0.3) is 0 Å². The molecule has 0 unspecified atom stereocenters. The van der Waals surface area contributed by atoms with Crippen LogP contribution in [-0.4, -0.2) is 19.6 Å². The van der Waals surface area contributed by atoms with Crippen molar-refractivity contribution in [3.63, 3.8) is 0 Å². The van der Waals surface area contributed by atoms with Crippen LogP contribution in [0.5, 0.6) is 5.75 Å². The Hall–Kier alpha value is -7.82. The molecule has 0 spiro atoms. The highest BCUT2D eigenvalue weighted by Gasteiger charge is 2.29. The number of rotatable bonds is 8. The molecule has 10 aromatic rings. The van der Waals surface area contributed by atoms with Crippen LogP contribution in [0.4, 0.5) is 0 Å². The van der Waals surface area contributed by atoms with Gasteiger partial charge in [-0.05, 0) is 122 Å². The summed E-state index contributed by atoms with van der Waals surface area (Å²) in [7, 11) is 0. The molecule has 0 amide bonds. The van der Waals surface area contributed by atoms with Gasteiger partial charge in [0.1, 0.15) is 11.6 Å². The van der Waals surface area contributed by atoms with E-state index in [0.717, 1.165) is 94.7 Å². The second-order valence-electron chi connectivity index (χ2n) is 19.5. The molecule has 2 aromatic heterocycles. The quantitative estimate of drug-likeness (QED) is 0.165. The number of hydrogen-bond acceptors (Lipinski definition) is 3. The van der Waals surface area contributed by atoms with Crippen molar-refractivity contribution in [2.24, 2.45) is 0 Å². The largest absolute Gasteiger partial charge is 0.507 e. The van der Waals surface area contributed by atoms with E-state index < -0.39 is 6.85 Å². The molecule has 4 heteroatoms. The number of imidazole rings is 1. The van der Waals surface area contributed by atoms with Crippen molar-refractivity contribution < 1.29 is 9.22 Å². The van der Waals surface area contributed by atoms with Crippen LogP contribution in [0, 0.1) is 6.85 Å². The first-order valence-electron chi connectivity index (χ1n) is 24.4. The number of pyridine rings is 1. The SMILES string of the molecule is [2H]C([2H])([2H])c1ccc(-c2ccnc(-c3cc(-c4ccccc4)cc(-c4cccc5c4nc(-c4cc(C(C)(C)C)cc(C(C)(C)C)c4O)n5-c4ccc(-c5ccccc5)cc4-c4ccccc4)c3)c2)cc1. The third-order valence-electron chi connectivity index (χ3n) is 12.8. The fourth-order valence-electron chi connectivity index (χ4n) is 9.12. The molecule has 0 saturated heterocycles. The molecular formula is C63H55N3O. The number of para-hydroxylation sites is 1. The Balaban J connectivity index is 1.25. The number of aromatic hydroxyl groups is 1. The van der Waals surface area contributed by atoms with Crippen LogP contribution in [-0.2, 0) is 10.8 Å². The van der Waals surface area contributed by atoms with Crippen LogP contribution in [0.3, 0.4) is 0 Å². The summed E-state index contributed by atoms with van der Waals surface area (Å²) in [5.74, 6) is 0.854. The Bertz CT molecular complexity index is 3530. The highest BCUT2D eigenvalue weighted by molar-refractivity contribution is 5.99. The number of benzene rings is 8. The molecule has 0 radical (unpaired) electrons. The maximum Gasteiger partial charge on any atom is 0.149 e. The van der Waals surface area contributed by atoms with Gasteiger partial charge in [-0.2, -0.15) is 0 Å². The van der Waals surface area contributed by atoms with Gasteiger partial charge in [0.2, 0.25) is 0 Å². The van der Waals surface area contributed by atoms with E-state index in [9.17, 15) is 5.11 Å². The highest BCUT2D eigenvalue weighted by atomic mass is 16.3. The van der Waals surface area contributed by atoms with Crippen molar-refractivity contribution in [3.8, 4) is 89.7 Å². The van der Waals surface area contributed by atoms with E-state index in [2.05, 4.69) is 192 Å². The van der Waals surface area contributed by atoms with Crippen LogP contribution in [0.15, 0.2) is 200 Å². The number of phenolic OH excluding ortho intramolecular Hbond substituents is 1. The Morgan fingerprint density at radius 2 is 1.06 bits per heavy atom. The van der Waals surface area contributed by atoms with Crippen LogP contribution >= 0.6 is 0 Å². The molecule has 1 N–H and O–H groups in total. The molecule has 2 heterocycles. The first-order valence-corrected chi connectivity index (χ1v) is 22.9. The lowest BCUT2D eigenvalue weighted by atomic mass is 9.79.